The fourth-order valence-electron chi connectivity index (χ4n) is 5.36. The zero-order valence-electron chi connectivity index (χ0n) is 22.9. The molecule has 1 aromatic heterocycles. The number of anilines is 4. The number of hydrogen-bond acceptors (Lipinski definition) is 6. The summed E-state index contributed by atoms with van der Waals surface area (Å²) in [6, 6.07) is 29.9. The summed E-state index contributed by atoms with van der Waals surface area (Å²) in [6.07, 6.45) is 1.00. The van der Waals surface area contributed by atoms with Gasteiger partial charge >= 0.3 is 0 Å². The zero-order chi connectivity index (χ0) is 27.3. The first-order valence-electron chi connectivity index (χ1n) is 14.0. The predicted octanol–water partition coefficient (Wildman–Crippen LogP) is 5.16. The second-order valence-electron chi connectivity index (χ2n) is 10.5. The Hall–Kier alpha value is -4.17. The van der Waals surface area contributed by atoms with E-state index in [4.69, 9.17) is 22.2 Å². The van der Waals surface area contributed by atoms with E-state index in [1.807, 2.05) is 0 Å². The second-order valence-corrected chi connectivity index (χ2v) is 10.9. The van der Waals surface area contributed by atoms with Crippen LogP contribution in [0.3, 0.4) is 0 Å². The van der Waals surface area contributed by atoms with E-state index >= 15 is 0 Å². The Morgan fingerprint density at radius 3 is 2.15 bits per heavy atom. The zero-order valence-corrected chi connectivity index (χ0v) is 23.7. The van der Waals surface area contributed by atoms with Gasteiger partial charge in [-0.3, -0.25) is 0 Å². The van der Waals surface area contributed by atoms with Crippen molar-refractivity contribution in [2.45, 2.75) is 26.4 Å². The molecule has 0 bridgehead atoms. The summed E-state index contributed by atoms with van der Waals surface area (Å²) < 4.78 is 0. The van der Waals surface area contributed by atoms with Gasteiger partial charge in [-0.05, 0) is 54.4 Å². The van der Waals surface area contributed by atoms with Crippen LogP contribution in [0.5, 0.6) is 0 Å². The van der Waals surface area contributed by atoms with E-state index in [2.05, 4.69) is 117 Å². The van der Waals surface area contributed by atoms with E-state index in [0.717, 1.165) is 57.3 Å². The van der Waals surface area contributed by atoms with Gasteiger partial charge in [0.2, 0.25) is 5.95 Å². The summed E-state index contributed by atoms with van der Waals surface area (Å²) in [7, 11) is 0. The summed E-state index contributed by atoms with van der Waals surface area (Å²) in [6.45, 7) is 8.17. The Kier molecular flexibility index (Phi) is 7.77. The fourth-order valence-corrected chi connectivity index (χ4v) is 5.52. The molecule has 4 aromatic rings. The Balaban J connectivity index is 1.20. The van der Waals surface area contributed by atoms with Crippen LogP contribution >= 0.6 is 12.2 Å². The highest BCUT2D eigenvalue weighted by molar-refractivity contribution is 7.80. The van der Waals surface area contributed by atoms with Gasteiger partial charge in [-0.25, -0.2) is 0 Å². The predicted molar refractivity (Wildman–Crippen MR) is 168 cm³/mol. The maximum Gasteiger partial charge on any atom is 0.232 e. The first-order valence-corrected chi connectivity index (χ1v) is 14.4. The lowest BCUT2D eigenvalue weighted by Crippen LogP contribution is -2.47. The van der Waals surface area contributed by atoms with Crippen LogP contribution < -0.4 is 25.3 Å². The van der Waals surface area contributed by atoms with Gasteiger partial charge in [0.1, 0.15) is 11.6 Å². The number of hydrogen-bond donors (Lipinski definition) is 2. The van der Waals surface area contributed by atoms with E-state index in [1.165, 1.54) is 27.9 Å². The van der Waals surface area contributed by atoms with Crippen LogP contribution in [0.4, 0.5) is 23.3 Å². The van der Waals surface area contributed by atoms with E-state index in [0.29, 0.717) is 17.6 Å². The summed E-state index contributed by atoms with van der Waals surface area (Å²) in [5.74, 6) is 2.38. The molecule has 3 heterocycles. The van der Waals surface area contributed by atoms with Gasteiger partial charge in [-0.1, -0.05) is 72.3 Å². The molecule has 2 aliphatic heterocycles. The van der Waals surface area contributed by atoms with Crippen molar-refractivity contribution in [1.82, 2.24) is 15.3 Å². The van der Waals surface area contributed by atoms with E-state index in [9.17, 15) is 0 Å². The number of aryl methyl sites for hydroxylation is 1. The maximum atomic E-state index is 5.65. The number of thiocarbonyl (C=S) groups is 1. The minimum Gasteiger partial charge on any atom is -0.368 e. The van der Waals surface area contributed by atoms with Gasteiger partial charge in [-0.15, -0.1) is 0 Å². The average Bonchev–Trinajstić information content (AvgIpc) is 3.01. The summed E-state index contributed by atoms with van der Waals surface area (Å²) >= 11 is 5.65. The number of piperazine rings is 1. The minimum absolute atomic E-state index is 0.515. The molecule has 3 aromatic carbocycles. The van der Waals surface area contributed by atoms with Crippen molar-refractivity contribution in [3.63, 3.8) is 0 Å². The lowest BCUT2D eigenvalue weighted by atomic mass is 10.00. The standard InChI is InChI=1S/C32H35N7S/c1-24-11-13-25(14-12-24)22-33-32(40)36-31-34-29(38-19-17-37(18-20-38)28-9-3-2-4-10-28)21-30(35-31)39-16-15-26-7-5-6-8-27(26)23-39/h2-14,21H,15-20,22-23H2,1H3,(H2,33,34,35,36,40). The monoisotopic (exact) mass is 549 g/mol. The van der Waals surface area contributed by atoms with Crippen molar-refractivity contribution in [2.75, 3.05) is 52.7 Å². The number of aromatic nitrogens is 2. The normalized spacial score (nSPS) is 15.0. The molecule has 0 aliphatic carbocycles. The summed E-state index contributed by atoms with van der Waals surface area (Å²) in [4.78, 5) is 17.0. The van der Waals surface area contributed by atoms with Crippen LogP contribution in [0.15, 0.2) is 84.9 Å². The van der Waals surface area contributed by atoms with Crippen LogP contribution in [0.2, 0.25) is 0 Å². The third-order valence-corrected chi connectivity index (χ3v) is 7.92. The molecule has 7 nitrogen and oxygen atoms in total. The molecule has 0 saturated carbocycles. The van der Waals surface area contributed by atoms with Crippen molar-refractivity contribution < 1.29 is 0 Å². The van der Waals surface area contributed by atoms with Gasteiger partial charge in [-0.2, -0.15) is 9.97 Å². The lowest BCUT2D eigenvalue weighted by Gasteiger charge is -2.37. The van der Waals surface area contributed by atoms with Crippen molar-refractivity contribution >= 4 is 40.6 Å². The van der Waals surface area contributed by atoms with Gasteiger partial charge in [0.25, 0.3) is 0 Å². The molecular formula is C32H35N7S. The highest BCUT2D eigenvalue weighted by Crippen LogP contribution is 2.28. The molecule has 1 fully saturated rings. The van der Waals surface area contributed by atoms with Crippen molar-refractivity contribution in [3.8, 4) is 0 Å². The van der Waals surface area contributed by atoms with Crippen LogP contribution in [-0.4, -0.2) is 47.8 Å². The summed E-state index contributed by atoms with van der Waals surface area (Å²) in [5, 5.41) is 7.09. The molecule has 40 heavy (non-hydrogen) atoms. The molecule has 0 amide bonds. The Morgan fingerprint density at radius 2 is 1.40 bits per heavy atom. The molecule has 2 N–H and O–H groups in total. The Labute approximate surface area is 241 Å². The fraction of sp³-hybridized carbons (Fsp3) is 0.281. The van der Waals surface area contributed by atoms with Crippen LogP contribution in [-0.2, 0) is 19.5 Å². The Morgan fingerprint density at radius 1 is 0.750 bits per heavy atom. The number of nitrogens with one attached hydrogen (secondary N) is 2. The third-order valence-electron chi connectivity index (χ3n) is 7.68. The van der Waals surface area contributed by atoms with Crippen molar-refractivity contribution in [1.29, 1.82) is 0 Å². The van der Waals surface area contributed by atoms with Crippen LogP contribution in [0.1, 0.15) is 22.3 Å². The number of fused-ring (bicyclic) bond motifs is 1. The second kappa shape index (κ2) is 11.9. The largest absolute Gasteiger partial charge is 0.368 e. The Bertz CT molecular complexity index is 1450. The first kappa shape index (κ1) is 26.1. The molecule has 8 heteroatoms. The van der Waals surface area contributed by atoms with Crippen LogP contribution in [0, 0.1) is 6.92 Å². The maximum absolute atomic E-state index is 5.65. The van der Waals surface area contributed by atoms with E-state index in [-0.39, 0.29) is 0 Å². The van der Waals surface area contributed by atoms with Crippen molar-refractivity contribution in [2.24, 2.45) is 0 Å². The summed E-state index contributed by atoms with van der Waals surface area (Å²) in [5.41, 5.74) is 6.46. The molecule has 0 unspecified atom stereocenters. The third kappa shape index (κ3) is 6.18. The molecule has 2 aliphatic rings. The number of para-hydroxylation sites is 1. The minimum atomic E-state index is 0.515. The first-order chi connectivity index (χ1) is 19.6. The molecular weight excluding hydrogens is 514 g/mol. The molecule has 1 saturated heterocycles. The highest BCUT2D eigenvalue weighted by atomic mass is 32.1. The highest BCUT2D eigenvalue weighted by Gasteiger charge is 2.23. The lowest BCUT2D eigenvalue weighted by molar-refractivity contribution is 0.646. The number of benzene rings is 3. The number of rotatable bonds is 6. The molecule has 0 spiro atoms. The van der Waals surface area contributed by atoms with E-state index in [1.54, 1.807) is 0 Å². The van der Waals surface area contributed by atoms with E-state index < -0.39 is 0 Å². The number of nitrogens with zero attached hydrogens (tertiary/aromatic N) is 5. The molecule has 204 valence electrons. The van der Waals surface area contributed by atoms with Gasteiger partial charge in [0, 0.05) is 57.6 Å². The van der Waals surface area contributed by atoms with Crippen molar-refractivity contribution in [3.05, 3.63) is 107 Å². The SMILES string of the molecule is Cc1ccc(CNC(=S)Nc2nc(N3CCN(c4ccccc4)CC3)cc(N3CCc4ccccc4C3)n2)cc1. The van der Waals surface area contributed by atoms with Gasteiger partial charge < -0.3 is 25.3 Å². The molecule has 0 atom stereocenters. The quantitative estimate of drug-likeness (QED) is 0.320. The smallest absolute Gasteiger partial charge is 0.232 e. The molecule has 0 radical (unpaired) electrons. The van der Waals surface area contributed by atoms with Crippen LogP contribution in [0.25, 0.3) is 0 Å². The van der Waals surface area contributed by atoms with Gasteiger partial charge in [0.05, 0.1) is 0 Å². The molecule has 6 rings (SSSR count). The topological polar surface area (TPSA) is 59.6 Å². The average molecular weight is 550 g/mol. The van der Waals surface area contributed by atoms with Gasteiger partial charge in [0.15, 0.2) is 5.11 Å².